The summed E-state index contributed by atoms with van der Waals surface area (Å²) in [6.07, 6.45) is 4.23. The molecule has 6 heteroatoms. The van der Waals surface area contributed by atoms with Crippen molar-refractivity contribution in [3.05, 3.63) is 0 Å². The highest BCUT2D eigenvalue weighted by Gasteiger charge is 2.23. The predicted molar refractivity (Wildman–Crippen MR) is 98.4 cm³/mol. The molecule has 21 heavy (non-hydrogen) atoms. The van der Waals surface area contributed by atoms with Crippen molar-refractivity contribution in [3.8, 4) is 0 Å². The SMILES string of the molecule is CC1CN(C(N)=NCC(C)N2CCCCC2C)CCO1.I. The van der Waals surface area contributed by atoms with Crippen molar-refractivity contribution in [2.45, 2.75) is 58.2 Å². The molecular formula is C15H31IN4O. The van der Waals surface area contributed by atoms with Gasteiger partial charge in [0.15, 0.2) is 5.96 Å². The summed E-state index contributed by atoms with van der Waals surface area (Å²) in [5.41, 5.74) is 6.12. The lowest BCUT2D eigenvalue weighted by molar-refractivity contribution is 0.00523. The summed E-state index contributed by atoms with van der Waals surface area (Å²) in [6, 6.07) is 1.15. The Hall–Kier alpha value is -0.0800. The van der Waals surface area contributed by atoms with E-state index in [1.54, 1.807) is 0 Å². The van der Waals surface area contributed by atoms with E-state index in [9.17, 15) is 0 Å². The fourth-order valence-corrected chi connectivity index (χ4v) is 3.23. The standard InChI is InChI=1S/C15H30N4O.HI/c1-12-6-4-5-7-19(12)13(2)10-17-15(16)18-8-9-20-14(3)11-18;/h12-14H,4-11H2,1-3H3,(H2,16,17);1H. The number of morpholine rings is 1. The van der Waals surface area contributed by atoms with Crippen molar-refractivity contribution >= 4 is 29.9 Å². The highest BCUT2D eigenvalue weighted by molar-refractivity contribution is 14.0. The van der Waals surface area contributed by atoms with E-state index in [1.165, 1.54) is 25.8 Å². The molecule has 2 fully saturated rings. The lowest BCUT2D eigenvalue weighted by Crippen LogP contribution is -2.49. The Morgan fingerprint density at radius 1 is 1.33 bits per heavy atom. The van der Waals surface area contributed by atoms with E-state index in [0.29, 0.717) is 18.0 Å². The zero-order valence-corrected chi connectivity index (χ0v) is 16.0. The quantitative estimate of drug-likeness (QED) is 0.439. The summed E-state index contributed by atoms with van der Waals surface area (Å²) in [5.74, 6) is 0.677. The van der Waals surface area contributed by atoms with Crippen LogP contribution in [-0.4, -0.2) is 66.7 Å². The fourth-order valence-electron chi connectivity index (χ4n) is 3.23. The molecule has 2 N–H and O–H groups in total. The third kappa shape index (κ3) is 5.56. The third-order valence-corrected chi connectivity index (χ3v) is 4.50. The summed E-state index contributed by atoms with van der Waals surface area (Å²) in [5, 5.41) is 0. The van der Waals surface area contributed by atoms with Crippen molar-refractivity contribution < 1.29 is 4.74 Å². The molecule has 0 aromatic heterocycles. The summed E-state index contributed by atoms with van der Waals surface area (Å²) in [4.78, 5) is 9.33. The van der Waals surface area contributed by atoms with Crippen LogP contribution >= 0.6 is 24.0 Å². The van der Waals surface area contributed by atoms with E-state index in [2.05, 4.69) is 35.6 Å². The Bertz CT molecular complexity index is 340. The van der Waals surface area contributed by atoms with Crippen LogP contribution in [0.2, 0.25) is 0 Å². The fraction of sp³-hybridized carbons (Fsp3) is 0.933. The number of nitrogens with zero attached hydrogens (tertiary/aromatic N) is 3. The van der Waals surface area contributed by atoms with Crippen LogP contribution < -0.4 is 5.73 Å². The lowest BCUT2D eigenvalue weighted by atomic mass is 10.0. The molecule has 0 amide bonds. The summed E-state index contributed by atoms with van der Waals surface area (Å²) in [6.45, 7) is 11.1. The number of ether oxygens (including phenoxy) is 1. The minimum atomic E-state index is 0. The zero-order chi connectivity index (χ0) is 14.5. The largest absolute Gasteiger partial charge is 0.375 e. The van der Waals surface area contributed by atoms with Crippen LogP contribution in [0.15, 0.2) is 4.99 Å². The Morgan fingerprint density at radius 2 is 2.10 bits per heavy atom. The average Bonchev–Trinajstić information content (AvgIpc) is 2.45. The number of halogens is 1. The first-order chi connectivity index (χ1) is 9.58. The molecule has 3 unspecified atom stereocenters. The van der Waals surface area contributed by atoms with Crippen molar-refractivity contribution in [1.29, 1.82) is 0 Å². The molecule has 3 atom stereocenters. The molecule has 5 nitrogen and oxygen atoms in total. The second kappa shape index (κ2) is 9.15. The van der Waals surface area contributed by atoms with Crippen molar-refractivity contribution in [2.24, 2.45) is 10.7 Å². The average molecular weight is 410 g/mol. The summed E-state index contributed by atoms with van der Waals surface area (Å²) >= 11 is 0. The highest BCUT2D eigenvalue weighted by Crippen LogP contribution is 2.19. The summed E-state index contributed by atoms with van der Waals surface area (Å²) in [7, 11) is 0. The topological polar surface area (TPSA) is 54.1 Å². The molecule has 0 aromatic carbocycles. The van der Waals surface area contributed by atoms with Crippen LogP contribution in [0, 0.1) is 0 Å². The smallest absolute Gasteiger partial charge is 0.191 e. The van der Waals surface area contributed by atoms with Gasteiger partial charge in [-0.15, -0.1) is 24.0 Å². The maximum absolute atomic E-state index is 6.12. The molecule has 2 saturated heterocycles. The van der Waals surface area contributed by atoms with Gasteiger partial charge in [0.1, 0.15) is 0 Å². The minimum Gasteiger partial charge on any atom is -0.375 e. The van der Waals surface area contributed by atoms with Gasteiger partial charge in [-0.2, -0.15) is 0 Å². The molecule has 2 aliphatic rings. The molecule has 0 spiro atoms. The molecule has 0 saturated carbocycles. The normalized spacial score (nSPS) is 29.9. The van der Waals surface area contributed by atoms with E-state index >= 15 is 0 Å². The Balaban J connectivity index is 0.00000220. The number of nitrogens with two attached hydrogens (primary N) is 1. The van der Waals surface area contributed by atoms with Crippen LogP contribution in [0.25, 0.3) is 0 Å². The number of rotatable bonds is 3. The van der Waals surface area contributed by atoms with E-state index in [1.807, 2.05) is 0 Å². The molecule has 2 rings (SSSR count). The number of aliphatic imine (C=N–C) groups is 1. The van der Waals surface area contributed by atoms with Gasteiger partial charge >= 0.3 is 0 Å². The molecule has 0 aliphatic carbocycles. The number of guanidine groups is 1. The third-order valence-electron chi connectivity index (χ3n) is 4.50. The van der Waals surface area contributed by atoms with Crippen molar-refractivity contribution in [1.82, 2.24) is 9.80 Å². The van der Waals surface area contributed by atoms with Gasteiger partial charge in [-0.25, -0.2) is 0 Å². The van der Waals surface area contributed by atoms with E-state index in [4.69, 9.17) is 10.5 Å². The van der Waals surface area contributed by atoms with Crippen LogP contribution in [0.4, 0.5) is 0 Å². The molecule has 2 heterocycles. The van der Waals surface area contributed by atoms with E-state index in [0.717, 1.165) is 26.2 Å². The maximum atomic E-state index is 6.12. The Morgan fingerprint density at radius 3 is 2.76 bits per heavy atom. The monoisotopic (exact) mass is 410 g/mol. The number of piperidine rings is 1. The van der Waals surface area contributed by atoms with Gasteiger partial charge in [0.05, 0.1) is 19.3 Å². The van der Waals surface area contributed by atoms with Crippen LogP contribution in [0.1, 0.15) is 40.0 Å². The van der Waals surface area contributed by atoms with E-state index < -0.39 is 0 Å². The van der Waals surface area contributed by atoms with Crippen LogP contribution in [-0.2, 0) is 4.74 Å². The summed E-state index contributed by atoms with van der Waals surface area (Å²) < 4.78 is 5.53. The second-order valence-corrected chi connectivity index (χ2v) is 6.26. The predicted octanol–water partition coefficient (Wildman–Crippen LogP) is 1.90. The molecule has 124 valence electrons. The van der Waals surface area contributed by atoms with Gasteiger partial charge in [-0.05, 0) is 40.2 Å². The molecule has 0 aromatic rings. The number of hydrogen-bond donors (Lipinski definition) is 1. The molecular weight excluding hydrogens is 379 g/mol. The van der Waals surface area contributed by atoms with Crippen molar-refractivity contribution in [2.75, 3.05) is 32.8 Å². The van der Waals surface area contributed by atoms with E-state index in [-0.39, 0.29) is 30.1 Å². The first-order valence-corrected chi connectivity index (χ1v) is 8.00. The van der Waals surface area contributed by atoms with Gasteiger partial charge in [0.25, 0.3) is 0 Å². The molecule has 0 radical (unpaired) electrons. The highest BCUT2D eigenvalue weighted by atomic mass is 127. The number of hydrogen-bond acceptors (Lipinski definition) is 3. The Kier molecular flexibility index (Phi) is 8.26. The first kappa shape index (κ1) is 19.0. The van der Waals surface area contributed by atoms with Gasteiger partial charge < -0.3 is 15.4 Å². The first-order valence-electron chi connectivity index (χ1n) is 8.00. The second-order valence-electron chi connectivity index (χ2n) is 6.26. The Labute approximate surface area is 146 Å². The van der Waals surface area contributed by atoms with Crippen molar-refractivity contribution in [3.63, 3.8) is 0 Å². The zero-order valence-electron chi connectivity index (χ0n) is 13.6. The van der Waals surface area contributed by atoms with Crippen LogP contribution in [0.3, 0.4) is 0 Å². The van der Waals surface area contributed by atoms with Gasteiger partial charge in [0, 0.05) is 25.2 Å². The van der Waals surface area contributed by atoms with Crippen LogP contribution in [0.5, 0.6) is 0 Å². The number of likely N-dealkylation sites (tertiary alicyclic amines) is 1. The van der Waals surface area contributed by atoms with Gasteiger partial charge in [-0.1, -0.05) is 6.42 Å². The maximum Gasteiger partial charge on any atom is 0.191 e. The van der Waals surface area contributed by atoms with Gasteiger partial charge in [0.2, 0.25) is 0 Å². The minimum absolute atomic E-state index is 0. The lowest BCUT2D eigenvalue weighted by Gasteiger charge is -2.37. The van der Waals surface area contributed by atoms with Gasteiger partial charge in [-0.3, -0.25) is 9.89 Å². The molecule has 2 aliphatic heterocycles. The molecule has 0 bridgehead atoms.